The molecule has 0 saturated carbocycles. The summed E-state index contributed by atoms with van der Waals surface area (Å²) in [7, 11) is 0. The molecule has 1 fully saturated rings. The Labute approximate surface area is 133 Å². The Hall–Kier alpha value is -1.26. The maximum Gasteiger partial charge on any atom is 0.239 e. The van der Waals surface area contributed by atoms with Crippen molar-refractivity contribution in [1.29, 1.82) is 0 Å². The number of ether oxygens (including phenoxy) is 1. The number of likely N-dealkylation sites (tertiary alicyclic amines) is 1. The van der Waals surface area contributed by atoms with Crippen molar-refractivity contribution in [3.05, 3.63) is 29.3 Å². The predicted octanol–water partition coefficient (Wildman–Crippen LogP) is 2.44. The van der Waals surface area contributed by atoms with Gasteiger partial charge in [-0.2, -0.15) is 0 Å². The van der Waals surface area contributed by atoms with Crippen LogP contribution in [-0.4, -0.2) is 36.0 Å². The molecule has 1 aromatic carbocycles. The Morgan fingerprint density at radius 3 is 2.43 bits per heavy atom. The van der Waals surface area contributed by atoms with E-state index in [9.17, 15) is 4.79 Å². The molecular weight excluding hydrogens is 288 g/mol. The number of hydrogen-bond acceptors (Lipinski definition) is 3. The van der Waals surface area contributed by atoms with Crippen LogP contribution in [-0.2, 0) is 4.79 Å². The van der Waals surface area contributed by atoms with Gasteiger partial charge >= 0.3 is 0 Å². The molecule has 118 valence electrons. The summed E-state index contributed by atoms with van der Waals surface area (Å²) in [6.45, 7) is 7.38. The van der Waals surface area contributed by atoms with E-state index in [4.69, 9.17) is 10.5 Å². The van der Waals surface area contributed by atoms with Gasteiger partial charge in [0.2, 0.25) is 5.91 Å². The van der Waals surface area contributed by atoms with Crippen LogP contribution in [0.15, 0.2) is 18.2 Å². The van der Waals surface area contributed by atoms with Gasteiger partial charge in [0.15, 0.2) is 0 Å². The fourth-order valence-electron chi connectivity index (χ4n) is 2.46. The quantitative estimate of drug-likeness (QED) is 0.932. The number of carbonyl (C=O) groups is 1. The van der Waals surface area contributed by atoms with Crippen LogP contribution in [0.2, 0.25) is 0 Å². The summed E-state index contributed by atoms with van der Waals surface area (Å²) in [6, 6.07) is 5.77. The zero-order valence-electron chi connectivity index (χ0n) is 13.0. The normalized spacial score (nSPS) is 17.0. The molecule has 0 aliphatic carbocycles. The minimum atomic E-state index is -0.410. The Morgan fingerprint density at radius 2 is 1.90 bits per heavy atom. The monoisotopic (exact) mass is 312 g/mol. The first-order chi connectivity index (χ1) is 9.47. The van der Waals surface area contributed by atoms with E-state index in [-0.39, 0.29) is 24.4 Å². The minimum Gasteiger partial charge on any atom is -0.490 e. The van der Waals surface area contributed by atoms with E-state index in [1.807, 2.05) is 11.0 Å². The summed E-state index contributed by atoms with van der Waals surface area (Å²) in [5, 5.41) is 0. The highest BCUT2D eigenvalue weighted by atomic mass is 35.5. The molecule has 0 spiro atoms. The zero-order valence-corrected chi connectivity index (χ0v) is 13.8. The van der Waals surface area contributed by atoms with Gasteiger partial charge in [-0.3, -0.25) is 4.79 Å². The van der Waals surface area contributed by atoms with Gasteiger partial charge in [-0.1, -0.05) is 6.07 Å². The Balaban J connectivity index is 0.00000220. The molecule has 0 bridgehead atoms. The average Bonchev–Trinajstić information content (AvgIpc) is 2.43. The van der Waals surface area contributed by atoms with E-state index in [2.05, 4.69) is 26.0 Å². The van der Waals surface area contributed by atoms with E-state index in [0.29, 0.717) is 0 Å². The van der Waals surface area contributed by atoms with Crippen molar-refractivity contribution in [2.45, 2.75) is 45.8 Å². The van der Waals surface area contributed by atoms with Gasteiger partial charge in [0.05, 0.1) is 6.04 Å². The molecule has 1 aliphatic heterocycles. The second-order valence-electron chi connectivity index (χ2n) is 5.68. The smallest absolute Gasteiger partial charge is 0.239 e. The third kappa shape index (κ3) is 4.61. The number of halogens is 1. The molecule has 2 rings (SSSR count). The third-order valence-electron chi connectivity index (χ3n) is 3.92. The molecule has 1 aromatic rings. The zero-order chi connectivity index (χ0) is 14.7. The van der Waals surface area contributed by atoms with E-state index in [1.54, 1.807) is 6.92 Å². The van der Waals surface area contributed by atoms with Crippen LogP contribution in [0, 0.1) is 13.8 Å². The lowest BCUT2D eigenvalue weighted by Crippen LogP contribution is -2.47. The second kappa shape index (κ2) is 7.66. The molecular formula is C16H25ClN2O2. The molecule has 5 heteroatoms. The van der Waals surface area contributed by atoms with E-state index in [1.165, 1.54) is 11.1 Å². The van der Waals surface area contributed by atoms with Crippen LogP contribution in [0.1, 0.15) is 30.9 Å². The van der Waals surface area contributed by atoms with Crippen molar-refractivity contribution in [3.63, 3.8) is 0 Å². The van der Waals surface area contributed by atoms with Crippen LogP contribution >= 0.6 is 12.4 Å². The predicted molar refractivity (Wildman–Crippen MR) is 87.0 cm³/mol. The number of nitrogens with zero attached hydrogens (tertiary/aromatic N) is 1. The highest BCUT2D eigenvalue weighted by molar-refractivity contribution is 5.85. The van der Waals surface area contributed by atoms with Crippen LogP contribution in [0.4, 0.5) is 0 Å². The van der Waals surface area contributed by atoms with Crippen LogP contribution in [0.5, 0.6) is 5.75 Å². The first-order valence-electron chi connectivity index (χ1n) is 7.25. The average molecular weight is 313 g/mol. The van der Waals surface area contributed by atoms with Crippen LogP contribution in [0.25, 0.3) is 0 Å². The summed E-state index contributed by atoms with van der Waals surface area (Å²) < 4.78 is 6.01. The Morgan fingerprint density at radius 1 is 1.29 bits per heavy atom. The maximum atomic E-state index is 11.8. The van der Waals surface area contributed by atoms with E-state index < -0.39 is 6.04 Å². The molecule has 1 aliphatic rings. The van der Waals surface area contributed by atoms with Gasteiger partial charge in [-0.15, -0.1) is 12.4 Å². The number of carbonyl (C=O) groups excluding carboxylic acids is 1. The highest BCUT2D eigenvalue weighted by Crippen LogP contribution is 2.21. The molecule has 1 amide bonds. The first kappa shape index (κ1) is 17.8. The summed E-state index contributed by atoms with van der Waals surface area (Å²) in [4.78, 5) is 13.6. The summed E-state index contributed by atoms with van der Waals surface area (Å²) in [5.41, 5.74) is 8.15. The van der Waals surface area contributed by atoms with Crippen molar-refractivity contribution >= 4 is 18.3 Å². The summed E-state index contributed by atoms with van der Waals surface area (Å²) in [6.07, 6.45) is 1.92. The topological polar surface area (TPSA) is 55.6 Å². The van der Waals surface area contributed by atoms with Gasteiger partial charge in [0.25, 0.3) is 0 Å². The number of piperidine rings is 1. The molecule has 0 aromatic heterocycles. The molecule has 21 heavy (non-hydrogen) atoms. The van der Waals surface area contributed by atoms with Crippen molar-refractivity contribution < 1.29 is 9.53 Å². The minimum absolute atomic E-state index is 0. The van der Waals surface area contributed by atoms with Crippen molar-refractivity contribution in [2.24, 2.45) is 5.73 Å². The summed E-state index contributed by atoms with van der Waals surface area (Å²) in [5.74, 6) is 0.958. The third-order valence-corrected chi connectivity index (χ3v) is 3.92. The van der Waals surface area contributed by atoms with Crippen molar-refractivity contribution in [2.75, 3.05) is 13.1 Å². The molecule has 1 saturated heterocycles. The fourth-order valence-corrected chi connectivity index (χ4v) is 2.46. The largest absolute Gasteiger partial charge is 0.490 e. The molecule has 2 N–H and O–H groups in total. The SMILES string of the molecule is Cc1ccc(OC2CCN(C(=O)[C@@H](C)N)CC2)cc1C.Cl. The Kier molecular flexibility index (Phi) is 6.49. The second-order valence-corrected chi connectivity index (χ2v) is 5.68. The lowest BCUT2D eigenvalue weighted by molar-refractivity contribution is -0.133. The van der Waals surface area contributed by atoms with E-state index in [0.717, 1.165) is 31.7 Å². The molecule has 1 heterocycles. The molecule has 0 radical (unpaired) electrons. The van der Waals surface area contributed by atoms with Crippen molar-refractivity contribution in [1.82, 2.24) is 4.90 Å². The highest BCUT2D eigenvalue weighted by Gasteiger charge is 2.25. The van der Waals surface area contributed by atoms with Crippen LogP contribution < -0.4 is 10.5 Å². The first-order valence-corrected chi connectivity index (χ1v) is 7.25. The number of benzene rings is 1. The van der Waals surface area contributed by atoms with Crippen molar-refractivity contribution in [3.8, 4) is 5.75 Å². The number of aryl methyl sites for hydroxylation is 2. The van der Waals surface area contributed by atoms with Gasteiger partial charge < -0.3 is 15.4 Å². The standard InChI is InChI=1S/C16H24N2O2.ClH/c1-11-4-5-15(10-12(11)2)20-14-6-8-18(9-7-14)16(19)13(3)17;/h4-5,10,13-14H,6-9,17H2,1-3H3;1H/t13-;/m1./s1. The number of rotatable bonds is 3. The van der Waals surface area contributed by atoms with E-state index >= 15 is 0 Å². The maximum absolute atomic E-state index is 11.8. The number of nitrogens with two attached hydrogens (primary N) is 1. The molecule has 4 nitrogen and oxygen atoms in total. The fraction of sp³-hybridized carbons (Fsp3) is 0.562. The number of hydrogen-bond donors (Lipinski definition) is 1. The van der Waals surface area contributed by atoms with Gasteiger partial charge in [0, 0.05) is 25.9 Å². The molecule has 1 atom stereocenters. The van der Waals surface area contributed by atoms with Gasteiger partial charge in [-0.25, -0.2) is 0 Å². The van der Waals surface area contributed by atoms with Crippen LogP contribution in [0.3, 0.4) is 0 Å². The Bertz CT molecular complexity index is 483. The lowest BCUT2D eigenvalue weighted by atomic mass is 10.1. The van der Waals surface area contributed by atoms with Gasteiger partial charge in [-0.05, 0) is 44.0 Å². The molecule has 0 unspecified atom stereocenters. The number of amides is 1. The van der Waals surface area contributed by atoms with Gasteiger partial charge in [0.1, 0.15) is 11.9 Å². The summed E-state index contributed by atoms with van der Waals surface area (Å²) >= 11 is 0. The lowest BCUT2D eigenvalue weighted by Gasteiger charge is -2.33.